The van der Waals surface area contributed by atoms with Gasteiger partial charge in [-0.2, -0.15) is 0 Å². The van der Waals surface area contributed by atoms with Gasteiger partial charge in [-0.3, -0.25) is 9.30 Å². The highest BCUT2D eigenvalue weighted by atomic mass is 32.1. The zero-order valence-electron chi connectivity index (χ0n) is 12.0. The molecule has 2 aliphatic heterocycles. The summed E-state index contributed by atoms with van der Waals surface area (Å²) in [7, 11) is 2.24. The number of likely N-dealkylation sites (tertiary alicyclic amines) is 2. The first-order chi connectivity index (χ1) is 9.81. The molecule has 4 heterocycles. The van der Waals surface area contributed by atoms with Crippen LogP contribution in [0.25, 0.3) is 4.83 Å². The summed E-state index contributed by atoms with van der Waals surface area (Å²) in [5.41, 5.74) is 1.33. The third-order valence-corrected chi connectivity index (χ3v) is 5.89. The largest absolute Gasteiger partial charge is 0.306 e. The minimum absolute atomic E-state index is 0.637. The van der Waals surface area contributed by atoms with Crippen molar-refractivity contribution >= 4 is 16.2 Å². The molecule has 0 saturated carbocycles. The first kappa shape index (κ1) is 12.8. The van der Waals surface area contributed by atoms with Gasteiger partial charge in [-0.1, -0.05) is 0 Å². The van der Waals surface area contributed by atoms with Crippen molar-refractivity contribution < 1.29 is 0 Å². The number of nitrogens with zero attached hydrogens (tertiary/aromatic N) is 4. The molecule has 20 heavy (non-hydrogen) atoms. The zero-order chi connectivity index (χ0) is 13.5. The maximum atomic E-state index is 4.67. The molecule has 4 nitrogen and oxygen atoms in total. The number of hydrogen-bond donors (Lipinski definition) is 0. The van der Waals surface area contributed by atoms with Crippen LogP contribution in [0.15, 0.2) is 17.9 Å². The second-order valence-corrected chi connectivity index (χ2v) is 7.15. The monoisotopic (exact) mass is 290 g/mol. The van der Waals surface area contributed by atoms with Crippen LogP contribution in [0.5, 0.6) is 0 Å². The van der Waals surface area contributed by atoms with Crippen LogP contribution in [-0.4, -0.2) is 58.5 Å². The van der Waals surface area contributed by atoms with E-state index in [1.54, 1.807) is 0 Å². The fourth-order valence-corrected chi connectivity index (χ4v) is 4.63. The minimum atomic E-state index is 0.637. The fraction of sp³-hybridized carbons (Fsp3) is 0.667. The number of thiazole rings is 1. The summed E-state index contributed by atoms with van der Waals surface area (Å²) in [6.45, 7) is 4.97. The standard InChI is InChI=1S/C15H22N4S/c1-17-5-3-13(4-6-17)18-7-2-12(10-18)14-15-19(11-16-14)8-9-20-15/h8-9,11-13H,2-7,10H2,1H3/t12-/m0/s1. The molecule has 2 fully saturated rings. The highest BCUT2D eigenvalue weighted by Crippen LogP contribution is 2.33. The van der Waals surface area contributed by atoms with E-state index in [0.29, 0.717) is 5.92 Å². The summed E-state index contributed by atoms with van der Waals surface area (Å²) < 4.78 is 2.16. The summed E-state index contributed by atoms with van der Waals surface area (Å²) in [6, 6.07) is 0.803. The molecule has 2 aromatic rings. The van der Waals surface area contributed by atoms with Gasteiger partial charge in [-0.25, -0.2) is 4.98 Å². The van der Waals surface area contributed by atoms with E-state index in [1.807, 2.05) is 17.7 Å². The quantitative estimate of drug-likeness (QED) is 0.848. The Kier molecular flexibility index (Phi) is 3.28. The van der Waals surface area contributed by atoms with Gasteiger partial charge in [-0.05, 0) is 45.9 Å². The van der Waals surface area contributed by atoms with Gasteiger partial charge in [0.25, 0.3) is 0 Å². The normalized spacial score (nSPS) is 26.8. The Labute approximate surface area is 124 Å². The predicted molar refractivity (Wildman–Crippen MR) is 82.5 cm³/mol. The molecule has 2 saturated heterocycles. The summed E-state index contributed by atoms with van der Waals surface area (Å²) in [6.07, 6.45) is 8.03. The van der Waals surface area contributed by atoms with E-state index in [1.165, 1.54) is 56.0 Å². The third kappa shape index (κ3) is 2.18. The molecule has 2 aromatic heterocycles. The Hall–Kier alpha value is -0.910. The Morgan fingerprint density at radius 3 is 2.90 bits per heavy atom. The van der Waals surface area contributed by atoms with Crippen molar-refractivity contribution in [2.75, 3.05) is 33.2 Å². The highest BCUT2D eigenvalue weighted by molar-refractivity contribution is 7.15. The minimum Gasteiger partial charge on any atom is -0.306 e. The molecule has 0 bridgehead atoms. The van der Waals surface area contributed by atoms with Crippen molar-refractivity contribution in [1.29, 1.82) is 0 Å². The molecule has 1 atom stereocenters. The molecular formula is C15H22N4S. The molecule has 4 rings (SSSR count). The summed E-state index contributed by atoms with van der Waals surface area (Å²) in [4.78, 5) is 11.2. The molecule has 0 N–H and O–H groups in total. The lowest BCUT2D eigenvalue weighted by molar-refractivity contribution is 0.142. The van der Waals surface area contributed by atoms with Crippen LogP contribution in [0.2, 0.25) is 0 Å². The van der Waals surface area contributed by atoms with E-state index < -0.39 is 0 Å². The number of fused-ring (bicyclic) bond motifs is 1. The smallest absolute Gasteiger partial charge is 0.123 e. The van der Waals surface area contributed by atoms with E-state index in [9.17, 15) is 0 Å². The van der Waals surface area contributed by atoms with Gasteiger partial charge in [0.05, 0.1) is 5.69 Å². The average molecular weight is 290 g/mol. The van der Waals surface area contributed by atoms with Crippen LogP contribution in [0, 0.1) is 0 Å². The number of rotatable bonds is 2. The second-order valence-electron chi connectivity index (χ2n) is 6.26. The highest BCUT2D eigenvalue weighted by Gasteiger charge is 2.32. The molecule has 0 amide bonds. The third-order valence-electron chi connectivity index (χ3n) is 4.99. The maximum absolute atomic E-state index is 4.67. The molecular weight excluding hydrogens is 268 g/mol. The molecule has 5 heteroatoms. The van der Waals surface area contributed by atoms with Crippen LogP contribution in [0.1, 0.15) is 30.9 Å². The second kappa shape index (κ2) is 5.13. The maximum Gasteiger partial charge on any atom is 0.123 e. The van der Waals surface area contributed by atoms with Crippen molar-refractivity contribution in [2.45, 2.75) is 31.2 Å². The van der Waals surface area contributed by atoms with Gasteiger partial charge < -0.3 is 4.90 Å². The van der Waals surface area contributed by atoms with Crippen LogP contribution >= 0.6 is 11.3 Å². The molecule has 2 aliphatic rings. The first-order valence-electron chi connectivity index (χ1n) is 7.64. The van der Waals surface area contributed by atoms with Crippen molar-refractivity contribution in [2.24, 2.45) is 0 Å². The number of hydrogen-bond acceptors (Lipinski definition) is 4. The lowest BCUT2D eigenvalue weighted by atomic mass is 10.0. The number of imidazole rings is 1. The van der Waals surface area contributed by atoms with Crippen LogP contribution in [0.3, 0.4) is 0 Å². The van der Waals surface area contributed by atoms with Crippen molar-refractivity contribution in [1.82, 2.24) is 19.2 Å². The topological polar surface area (TPSA) is 23.8 Å². The van der Waals surface area contributed by atoms with Gasteiger partial charge in [0.1, 0.15) is 11.2 Å². The van der Waals surface area contributed by atoms with Crippen LogP contribution in [-0.2, 0) is 0 Å². The van der Waals surface area contributed by atoms with Gasteiger partial charge in [0.2, 0.25) is 0 Å². The van der Waals surface area contributed by atoms with Crippen LogP contribution < -0.4 is 0 Å². The zero-order valence-corrected chi connectivity index (χ0v) is 12.9. The number of aromatic nitrogens is 2. The molecule has 0 spiro atoms. The Balaban J connectivity index is 1.47. The lowest BCUT2D eigenvalue weighted by Crippen LogP contribution is -2.42. The van der Waals surface area contributed by atoms with E-state index in [4.69, 9.17) is 0 Å². The van der Waals surface area contributed by atoms with Crippen LogP contribution in [0.4, 0.5) is 0 Å². The van der Waals surface area contributed by atoms with Gasteiger partial charge in [0, 0.05) is 30.1 Å². The summed E-state index contributed by atoms with van der Waals surface area (Å²) >= 11 is 1.82. The van der Waals surface area contributed by atoms with E-state index in [0.717, 1.165) is 6.04 Å². The SMILES string of the molecule is CN1CCC(N2CC[C@H](c3ncn4ccsc34)C2)CC1. The summed E-state index contributed by atoms with van der Waals surface area (Å²) in [5, 5.41) is 2.16. The van der Waals surface area contributed by atoms with E-state index in [2.05, 4.69) is 37.8 Å². The van der Waals surface area contributed by atoms with Crippen molar-refractivity contribution in [3.05, 3.63) is 23.6 Å². The molecule has 0 radical (unpaired) electrons. The van der Waals surface area contributed by atoms with Gasteiger partial charge in [-0.15, -0.1) is 11.3 Å². The Bertz CT molecular complexity index is 581. The number of piperidine rings is 1. The van der Waals surface area contributed by atoms with Crippen molar-refractivity contribution in [3.8, 4) is 0 Å². The first-order valence-corrected chi connectivity index (χ1v) is 8.52. The fourth-order valence-electron chi connectivity index (χ4n) is 3.73. The van der Waals surface area contributed by atoms with Gasteiger partial charge in [0.15, 0.2) is 0 Å². The molecule has 108 valence electrons. The predicted octanol–water partition coefficient (Wildman–Crippen LogP) is 2.28. The van der Waals surface area contributed by atoms with E-state index >= 15 is 0 Å². The van der Waals surface area contributed by atoms with Gasteiger partial charge >= 0.3 is 0 Å². The average Bonchev–Trinajstić information content (AvgIpc) is 3.15. The Morgan fingerprint density at radius 2 is 2.05 bits per heavy atom. The lowest BCUT2D eigenvalue weighted by Gasteiger charge is -2.35. The van der Waals surface area contributed by atoms with Crippen molar-refractivity contribution in [3.63, 3.8) is 0 Å². The summed E-state index contributed by atoms with van der Waals surface area (Å²) in [5.74, 6) is 0.637. The Morgan fingerprint density at radius 1 is 1.20 bits per heavy atom. The molecule has 0 aromatic carbocycles. The van der Waals surface area contributed by atoms with E-state index in [-0.39, 0.29) is 0 Å². The molecule has 0 unspecified atom stereocenters. The molecule has 0 aliphatic carbocycles.